The number of piperidine rings is 1. The van der Waals surface area contributed by atoms with Crippen molar-refractivity contribution in [2.24, 2.45) is 11.7 Å². The van der Waals surface area contributed by atoms with E-state index in [1.807, 2.05) is 24.3 Å². The van der Waals surface area contributed by atoms with Crippen LogP contribution in [-0.4, -0.2) is 43.8 Å². The lowest BCUT2D eigenvalue weighted by Crippen LogP contribution is -2.46. The molecule has 1 aromatic carbocycles. The molecule has 5 heteroatoms. The van der Waals surface area contributed by atoms with Gasteiger partial charge in [0.15, 0.2) is 0 Å². The minimum absolute atomic E-state index is 0. The molecule has 2 rings (SSSR count). The van der Waals surface area contributed by atoms with Crippen molar-refractivity contribution < 1.29 is 9.47 Å². The van der Waals surface area contributed by atoms with Crippen LogP contribution < -0.4 is 15.2 Å². The third-order valence-corrected chi connectivity index (χ3v) is 4.03. The van der Waals surface area contributed by atoms with Gasteiger partial charge in [0, 0.05) is 19.1 Å². The fourth-order valence-corrected chi connectivity index (χ4v) is 2.60. The van der Waals surface area contributed by atoms with Crippen molar-refractivity contribution in [3.8, 4) is 11.5 Å². The zero-order valence-electron chi connectivity index (χ0n) is 13.7. The molecule has 126 valence electrons. The van der Waals surface area contributed by atoms with E-state index in [0.717, 1.165) is 57.2 Å². The number of rotatable bonds is 7. The molecule has 0 aromatic heterocycles. The minimum atomic E-state index is 0. The van der Waals surface area contributed by atoms with E-state index in [1.54, 1.807) is 0 Å². The number of hydrogen-bond acceptors (Lipinski definition) is 4. The van der Waals surface area contributed by atoms with E-state index < -0.39 is 0 Å². The predicted molar refractivity (Wildman–Crippen MR) is 93.2 cm³/mol. The van der Waals surface area contributed by atoms with Gasteiger partial charge in [-0.3, -0.25) is 4.90 Å². The molecule has 1 saturated heterocycles. The summed E-state index contributed by atoms with van der Waals surface area (Å²) in [7, 11) is 0. The summed E-state index contributed by atoms with van der Waals surface area (Å²) in [6, 6.07) is 8.23. The third-order valence-electron chi connectivity index (χ3n) is 4.03. The molecule has 0 saturated carbocycles. The summed E-state index contributed by atoms with van der Waals surface area (Å²) in [6.07, 6.45) is 2.11. The molecular weight excluding hydrogens is 300 g/mol. The lowest BCUT2D eigenvalue weighted by molar-refractivity contribution is 0.140. The standard InChI is InChI=1S/C17H28N2O2.ClH/c1-3-11-20-15-4-6-16(7-5-15)21-12-10-19-9-8-17(18)14(2)13-19;/h4-7,14,17H,3,8-13,18H2,1-2H3;1H. The highest BCUT2D eigenvalue weighted by Gasteiger charge is 2.22. The Morgan fingerprint density at radius 3 is 2.27 bits per heavy atom. The number of ether oxygens (including phenoxy) is 2. The second-order valence-corrected chi connectivity index (χ2v) is 5.90. The molecule has 2 N–H and O–H groups in total. The zero-order chi connectivity index (χ0) is 15.1. The lowest BCUT2D eigenvalue weighted by atomic mass is 9.95. The first-order chi connectivity index (χ1) is 10.2. The van der Waals surface area contributed by atoms with Gasteiger partial charge in [0.25, 0.3) is 0 Å². The van der Waals surface area contributed by atoms with Gasteiger partial charge >= 0.3 is 0 Å². The van der Waals surface area contributed by atoms with Crippen molar-refractivity contribution in [1.29, 1.82) is 0 Å². The van der Waals surface area contributed by atoms with Crippen LogP contribution in [0.25, 0.3) is 0 Å². The highest BCUT2D eigenvalue weighted by atomic mass is 35.5. The number of hydrogen-bond donors (Lipinski definition) is 1. The van der Waals surface area contributed by atoms with Gasteiger partial charge < -0.3 is 15.2 Å². The van der Waals surface area contributed by atoms with Gasteiger partial charge in [-0.25, -0.2) is 0 Å². The second kappa shape index (κ2) is 9.93. The fraction of sp³-hybridized carbons (Fsp3) is 0.647. The van der Waals surface area contributed by atoms with E-state index in [9.17, 15) is 0 Å². The van der Waals surface area contributed by atoms with Gasteiger partial charge in [-0.1, -0.05) is 13.8 Å². The van der Waals surface area contributed by atoms with Crippen LogP contribution >= 0.6 is 12.4 Å². The Morgan fingerprint density at radius 2 is 1.73 bits per heavy atom. The summed E-state index contributed by atoms with van der Waals surface area (Å²) in [5, 5.41) is 0. The zero-order valence-corrected chi connectivity index (χ0v) is 14.5. The first-order valence-electron chi connectivity index (χ1n) is 8.02. The molecule has 22 heavy (non-hydrogen) atoms. The summed E-state index contributed by atoms with van der Waals surface area (Å²) in [6.45, 7) is 8.93. The molecule has 1 aliphatic rings. The van der Waals surface area contributed by atoms with Gasteiger partial charge in [0.1, 0.15) is 18.1 Å². The molecule has 4 nitrogen and oxygen atoms in total. The average Bonchev–Trinajstić information content (AvgIpc) is 2.50. The predicted octanol–water partition coefficient (Wildman–Crippen LogP) is 2.95. The molecule has 0 radical (unpaired) electrons. The first-order valence-corrected chi connectivity index (χ1v) is 8.02. The van der Waals surface area contributed by atoms with Crippen molar-refractivity contribution in [1.82, 2.24) is 4.90 Å². The van der Waals surface area contributed by atoms with Crippen molar-refractivity contribution in [2.75, 3.05) is 32.8 Å². The average molecular weight is 329 g/mol. The Labute approximate surface area is 140 Å². The second-order valence-electron chi connectivity index (χ2n) is 5.90. The van der Waals surface area contributed by atoms with Crippen LogP contribution in [0, 0.1) is 5.92 Å². The largest absolute Gasteiger partial charge is 0.494 e. The normalized spacial score (nSPS) is 22.0. The Bertz CT molecular complexity index is 414. The maximum Gasteiger partial charge on any atom is 0.119 e. The molecule has 2 atom stereocenters. The number of nitrogens with zero attached hydrogens (tertiary/aromatic N) is 1. The summed E-state index contributed by atoms with van der Waals surface area (Å²) >= 11 is 0. The molecule has 0 aliphatic carbocycles. The number of benzene rings is 1. The molecule has 0 amide bonds. The molecule has 1 aromatic rings. The number of nitrogens with two attached hydrogens (primary N) is 1. The van der Waals surface area contributed by atoms with Gasteiger partial charge in [-0.15, -0.1) is 12.4 Å². The molecule has 1 heterocycles. The van der Waals surface area contributed by atoms with Crippen LogP contribution in [0.1, 0.15) is 26.7 Å². The molecular formula is C17H29ClN2O2. The Morgan fingerprint density at radius 1 is 1.14 bits per heavy atom. The van der Waals surface area contributed by atoms with E-state index in [0.29, 0.717) is 12.0 Å². The Kier molecular flexibility index (Phi) is 8.61. The Hall–Kier alpha value is -0.970. The van der Waals surface area contributed by atoms with Crippen LogP contribution in [-0.2, 0) is 0 Å². The highest BCUT2D eigenvalue weighted by Crippen LogP contribution is 2.18. The van der Waals surface area contributed by atoms with Crippen LogP contribution in [0.2, 0.25) is 0 Å². The monoisotopic (exact) mass is 328 g/mol. The van der Waals surface area contributed by atoms with Crippen LogP contribution in [0.15, 0.2) is 24.3 Å². The lowest BCUT2D eigenvalue weighted by Gasteiger charge is -2.34. The molecule has 0 spiro atoms. The van der Waals surface area contributed by atoms with Crippen LogP contribution in [0.3, 0.4) is 0 Å². The van der Waals surface area contributed by atoms with E-state index >= 15 is 0 Å². The minimum Gasteiger partial charge on any atom is -0.494 e. The summed E-state index contributed by atoms with van der Waals surface area (Å²) in [5.74, 6) is 2.39. The van der Waals surface area contributed by atoms with Crippen molar-refractivity contribution in [2.45, 2.75) is 32.7 Å². The maximum atomic E-state index is 6.04. The van der Waals surface area contributed by atoms with Crippen molar-refractivity contribution >= 4 is 12.4 Å². The molecule has 1 fully saturated rings. The van der Waals surface area contributed by atoms with Gasteiger partial charge in [-0.2, -0.15) is 0 Å². The smallest absolute Gasteiger partial charge is 0.119 e. The summed E-state index contributed by atoms with van der Waals surface area (Å²) in [4.78, 5) is 2.44. The first kappa shape index (κ1) is 19.1. The number of halogens is 1. The quantitative estimate of drug-likeness (QED) is 0.836. The highest BCUT2D eigenvalue weighted by molar-refractivity contribution is 5.85. The van der Waals surface area contributed by atoms with E-state index in [2.05, 4.69) is 18.7 Å². The molecule has 0 bridgehead atoms. The van der Waals surface area contributed by atoms with Gasteiger partial charge in [0.05, 0.1) is 6.61 Å². The van der Waals surface area contributed by atoms with E-state index in [4.69, 9.17) is 15.2 Å². The van der Waals surface area contributed by atoms with Gasteiger partial charge in [0.2, 0.25) is 0 Å². The van der Waals surface area contributed by atoms with Crippen LogP contribution in [0.4, 0.5) is 0 Å². The Balaban J connectivity index is 0.00000242. The van der Waals surface area contributed by atoms with Crippen molar-refractivity contribution in [3.63, 3.8) is 0 Å². The SMILES string of the molecule is CCCOc1ccc(OCCN2CCC(N)C(C)C2)cc1.Cl. The van der Waals surface area contributed by atoms with Crippen molar-refractivity contribution in [3.05, 3.63) is 24.3 Å². The fourth-order valence-electron chi connectivity index (χ4n) is 2.60. The third kappa shape index (κ3) is 6.03. The van der Waals surface area contributed by atoms with Crippen LogP contribution in [0.5, 0.6) is 11.5 Å². The van der Waals surface area contributed by atoms with E-state index in [1.165, 1.54) is 0 Å². The number of likely N-dealkylation sites (tertiary alicyclic amines) is 1. The summed E-state index contributed by atoms with van der Waals surface area (Å²) < 4.78 is 11.4. The van der Waals surface area contributed by atoms with Gasteiger partial charge in [-0.05, 0) is 49.6 Å². The maximum absolute atomic E-state index is 6.04. The van der Waals surface area contributed by atoms with E-state index in [-0.39, 0.29) is 12.4 Å². The molecule has 1 aliphatic heterocycles. The summed E-state index contributed by atoms with van der Waals surface area (Å²) in [5.41, 5.74) is 6.04. The topological polar surface area (TPSA) is 47.7 Å². The molecule has 2 unspecified atom stereocenters.